The van der Waals surface area contributed by atoms with E-state index in [1.807, 2.05) is 11.8 Å². The van der Waals surface area contributed by atoms with Crippen LogP contribution in [0, 0.1) is 0 Å². The fourth-order valence-corrected chi connectivity index (χ4v) is 2.01. The van der Waals surface area contributed by atoms with Crippen LogP contribution in [-0.2, 0) is 9.53 Å². The number of rotatable bonds is 4. The van der Waals surface area contributed by atoms with Gasteiger partial charge in [0.05, 0.1) is 13.2 Å². The van der Waals surface area contributed by atoms with E-state index in [2.05, 4.69) is 0 Å². The Kier molecular flexibility index (Phi) is 5.05. The molecule has 0 aromatic rings. The van der Waals surface area contributed by atoms with Gasteiger partial charge in [-0.2, -0.15) is 0 Å². The second-order valence-corrected chi connectivity index (χ2v) is 4.09. The van der Waals surface area contributed by atoms with Crippen molar-refractivity contribution >= 4 is 5.97 Å². The molecule has 4 heteroatoms. The number of ether oxygens (including phenoxy) is 1. The zero-order chi connectivity index (χ0) is 11.3. The number of piperidine rings is 1. The number of β-amino-alcohol motifs (C(OH)–C–C–N with tert-alkyl or cyclic N) is 1. The van der Waals surface area contributed by atoms with Gasteiger partial charge in [-0.05, 0) is 25.8 Å². The van der Waals surface area contributed by atoms with Gasteiger partial charge >= 0.3 is 5.97 Å². The van der Waals surface area contributed by atoms with Crippen LogP contribution in [0.15, 0.2) is 0 Å². The fourth-order valence-electron chi connectivity index (χ4n) is 2.01. The molecule has 0 radical (unpaired) electrons. The summed E-state index contributed by atoms with van der Waals surface area (Å²) in [6.45, 7) is 3.41. The molecule has 0 aromatic carbocycles. The first-order valence-corrected chi connectivity index (χ1v) is 5.69. The summed E-state index contributed by atoms with van der Waals surface area (Å²) in [6.07, 6.45) is 3.41. The number of carbonyl (C=O) groups is 1. The molecule has 4 nitrogen and oxygen atoms in total. The summed E-state index contributed by atoms with van der Waals surface area (Å²) < 4.78 is 4.77. The van der Waals surface area contributed by atoms with Crippen LogP contribution >= 0.6 is 0 Å². The number of hydrogen-bond acceptors (Lipinski definition) is 4. The molecule has 0 bridgehead atoms. The molecular weight excluding hydrogens is 194 g/mol. The largest absolute Gasteiger partial charge is 0.468 e. The standard InChI is InChI=1S/C11H21NO3/c1-3-9(13)8-12-7-5-4-6-10(12)11(14)15-2/h9-10,13H,3-8H2,1-2H3/t9?,10-/m1/s1. The molecule has 1 heterocycles. The lowest BCUT2D eigenvalue weighted by molar-refractivity contribution is -0.148. The number of esters is 1. The van der Waals surface area contributed by atoms with E-state index >= 15 is 0 Å². The van der Waals surface area contributed by atoms with Gasteiger partial charge in [-0.25, -0.2) is 0 Å². The van der Waals surface area contributed by atoms with Crippen molar-refractivity contribution in [2.45, 2.75) is 44.8 Å². The quantitative estimate of drug-likeness (QED) is 0.704. The smallest absolute Gasteiger partial charge is 0.323 e. The second-order valence-electron chi connectivity index (χ2n) is 4.09. The summed E-state index contributed by atoms with van der Waals surface area (Å²) in [4.78, 5) is 13.5. The van der Waals surface area contributed by atoms with Crippen LogP contribution in [0.4, 0.5) is 0 Å². The van der Waals surface area contributed by atoms with E-state index in [1.165, 1.54) is 7.11 Å². The third-order valence-electron chi connectivity index (χ3n) is 3.00. The summed E-state index contributed by atoms with van der Waals surface area (Å²) in [5, 5.41) is 9.59. The van der Waals surface area contributed by atoms with Crippen molar-refractivity contribution in [3.63, 3.8) is 0 Å². The highest BCUT2D eigenvalue weighted by molar-refractivity contribution is 5.75. The van der Waals surface area contributed by atoms with E-state index in [1.54, 1.807) is 0 Å². The summed E-state index contributed by atoms with van der Waals surface area (Å²) in [5.41, 5.74) is 0. The van der Waals surface area contributed by atoms with Crippen LogP contribution in [0.2, 0.25) is 0 Å². The van der Waals surface area contributed by atoms with Crippen LogP contribution in [0.3, 0.4) is 0 Å². The normalized spacial score (nSPS) is 24.9. The van der Waals surface area contributed by atoms with Crippen molar-refractivity contribution in [1.29, 1.82) is 0 Å². The van der Waals surface area contributed by atoms with Crippen molar-refractivity contribution in [2.24, 2.45) is 0 Å². The monoisotopic (exact) mass is 215 g/mol. The molecule has 1 unspecified atom stereocenters. The fraction of sp³-hybridized carbons (Fsp3) is 0.909. The second kappa shape index (κ2) is 6.08. The van der Waals surface area contributed by atoms with Gasteiger partial charge in [-0.15, -0.1) is 0 Å². The van der Waals surface area contributed by atoms with Gasteiger partial charge in [0.25, 0.3) is 0 Å². The van der Waals surface area contributed by atoms with E-state index in [0.29, 0.717) is 6.54 Å². The maximum Gasteiger partial charge on any atom is 0.323 e. The average molecular weight is 215 g/mol. The molecule has 0 spiro atoms. The first-order chi connectivity index (χ1) is 7.19. The molecule has 1 fully saturated rings. The molecule has 1 rings (SSSR count). The van der Waals surface area contributed by atoms with Gasteiger partial charge in [0, 0.05) is 6.54 Å². The van der Waals surface area contributed by atoms with Gasteiger partial charge in [0.1, 0.15) is 6.04 Å². The lowest BCUT2D eigenvalue weighted by Gasteiger charge is -2.34. The lowest BCUT2D eigenvalue weighted by Crippen LogP contribution is -2.48. The Morgan fingerprint density at radius 2 is 2.33 bits per heavy atom. The zero-order valence-corrected chi connectivity index (χ0v) is 9.61. The zero-order valence-electron chi connectivity index (χ0n) is 9.61. The van der Waals surface area contributed by atoms with Gasteiger partial charge < -0.3 is 9.84 Å². The summed E-state index contributed by atoms with van der Waals surface area (Å²) in [5.74, 6) is -0.169. The van der Waals surface area contributed by atoms with Crippen LogP contribution in [0.1, 0.15) is 32.6 Å². The third kappa shape index (κ3) is 3.47. The van der Waals surface area contributed by atoms with Gasteiger partial charge in [0.2, 0.25) is 0 Å². The molecule has 1 aliphatic heterocycles. The number of methoxy groups -OCH3 is 1. The minimum Gasteiger partial charge on any atom is -0.468 e. The third-order valence-corrected chi connectivity index (χ3v) is 3.00. The van der Waals surface area contributed by atoms with Crippen LogP contribution in [0.5, 0.6) is 0 Å². The number of aliphatic hydroxyl groups is 1. The maximum atomic E-state index is 11.5. The van der Waals surface area contributed by atoms with Crippen molar-refractivity contribution in [2.75, 3.05) is 20.2 Å². The van der Waals surface area contributed by atoms with Crippen molar-refractivity contribution < 1.29 is 14.6 Å². The highest BCUT2D eigenvalue weighted by Crippen LogP contribution is 2.18. The Morgan fingerprint density at radius 3 is 2.93 bits per heavy atom. The predicted molar refractivity (Wildman–Crippen MR) is 57.5 cm³/mol. The Hall–Kier alpha value is -0.610. The first-order valence-electron chi connectivity index (χ1n) is 5.69. The summed E-state index contributed by atoms with van der Waals surface area (Å²) in [7, 11) is 1.42. The number of hydrogen-bond donors (Lipinski definition) is 1. The van der Waals surface area contributed by atoms with Gasteiger partial charge in [-0.1, -0.05) is 13.3 Å². The molecular formula is C11H21NO3. The molecule has 15 heavy (non-hydrogen) atoms. The highest BCUT2D eigenvalue weighted by atomic mass is 16.5. The summed E-state index contributed by atoms with van der Waals surface area (Å²) in [6, 6.07) is -0.148. The Morgan fingerprint density at radius 1 is 1.60 bits per heavy atom. The van der Waals surface area contributed by atoms with Gasteiger partial charge in [0.15, 0.2) is 0 Å². The first kappa shape index (κ1) is 12.5. The molecule has 1 aliphatic rings. The topological polar surface area (TPSA) is 49.8 Å². The molecule has 0 aromatic heterocycles. The van der Waals surface area contributed by atoms with E-state index in [0.717, 1.165) is 32.2 Å². The van der Waals surface area contributed by atoms with Crippen LogP contribution in [-0.4, -0.2) is 48.3 Å². The Bertz CT molecular complexity index is 208. The van der Waals surface area contributed by atoms with E-state index in [-0.39, 0.29) is 18.1 Å². The van der Waals surface area contributed by atoms with E-state index in [9.17, 15) is 9.90 Å². The Labute approximate surface area is 91.2 Å². The lowest BCUT2D eigenvalue weighted by atomic mass is 10.0. The number of likely N-dealkylation sites (tertiary alicyclic amines) is 1. The predicted octanol–water partition coefficient (Wildman–Crippen LogP) is 0.785. The van der Waals surface area contributed by atoms with Crippen molar-refractivity contribution in [3.8, 4) is 0 Å². The highest BCUT2D eigenvalue weighted by Gasteiger charge is 2.30. The molecule has 1 saturated heterocycles. The number of aliphatic hydroxyl groups excluding tert-OH is 1. The SMILES string of the molecule is CCC(O)CN1CCCC[C@@H]1C(=O)OC. The average Bonchev–Trinajstić information content (AvgIpc) is 2.28. The van der Waals surface area contributed by atoms with E-state index in [4.69, 9.17) is 4.74 Å². The minimum atomic E-state index is -0.338. The molecule has 0 saturated carbocycles. The van der Waals surface area contributed by atoms with E-state index < -0.39 is 0 Å². The maximum absolute atomic E-state index is 11.5. The minimum absolute atomic E-state index is 0.148. The number of nitrogens with zero attached hydrogens (tertiary/aromatic N) is 1. The Balaban J connectivity index is 2.53. The molecule has 88 valence electrons. The van der Waals surface area contributed by atoms with Crippen molar-refractivity contribution in [1.82, 2.24) is 4.90 Å². The molecule has 1 N–H and O–H groups in total. The van der Waals surface area contributed by atoms with Crippen molar-refractivity contribution in [3.05, 3.63) is 0 Å². The molecule has 0 amide bonds. The number of carbonyl (C=O) groups excluding carboxylic acids is 1. The molecule has 2 atom stereocenters. The van der Waals surface area contributed by atoms with Gasteiger partial charge in [-0.3, -0.25) is 9.69 Å². The summed E-state index contributed by atoms with van der Waals surface area (Å²) >= 11 is 0. The molecule has 0 aliphatic carbocycles. The van der Waals surface area contributed by atoms with Crippen LogP contribution in [0.25, 0.3) is 0 Å². The van der Waals surface area contributed by atoms with Crippen LogP contribution < -0.4 is 0 Å².